The maximum atomic E-state index is 4.81. The second-order valence-corrected chi connectivity index (χ2v) is 6.52. The summed E-state index contributed by atoms with van der Waals surface area (Å²) in [5.41, 5.74) is 6.15. The Morgan fingerprint density at radius 2 is 1.50 bits per heavy atom. The van der Waals surface area contributed by atoms with E-state index < -0.39 is 0 Å². The molecule has 24 heavy (non-hydrogen) atoms. The molecule has 0 spiro atoms. The molecule has 0 bridgehead atoms. The van der Waals surface area contributed by atoms with Crippen LogP contribution in [0.1, 0.15) is 25.7 Å². The molecule has 0 heterocycles. The third-order valence-corrected chi connectivity index (χ3v) is 4.76. The van der Waals surface area contributed by atoms with Crippen LogP contribution in [-0.4, -0.2) is 5.71 Å². The number of anilines is 1. The summed E-state index contributed by atoms with van der Waals surface area (Å²) in [5, 5.41) is 3.56. The molecule has 1 unspecified atom stereocenters. The molecule has 0 aliphatic heterocycles. The molecule has 2 nitrogen and oxygen atoms in total. The molecule has 2 aliphatic rings. The van der Waals surface area contributed by atoms with Crippen LogP contribution < -0.4 is 5.32 Å². The van der Waals surface area contributed by atoms with Crippen molar-refractivity contribution in [3.63, 3.8) is 0 Å². The third-order valence-electron chi connectivity index (χ3n) is 4.76. The molecule has 0 radical (unpaired) electrons. The Hall–Kier alpha value is -2.61. The minimum atomic E-state index is 0.695. The molecular weight excluding hydrogens is 292 g/mol. The highest BCUT2D eigenvalue weighted by atomic mass is 14.9. The molecule has 4 rings (SSSR count). The number of benzene rings is 2. The van der Waals surface area contributed by atoms with Crippen LogP contribution in [0.25, 0.3) is 0 Å². The van der Waals surface area contributed by atoms with E-state index in [-0.39, 0.29) is 0 Å². The fraction of sp³-hybridized carbons (Fsp3) is 0.227. The number of hydrogen-bond acceptors (Lipinski definition) is 2. The maximum absolute atomic E-state index is 4.81. The second kappa shape index (κ2) is 6.88. The third kappa shape index (κ3) is 3.48. The monoisotopic (exact) mass is 314 g/mol. The van der Waals surface area contributed by atoms with Gasteiger partial charge in [-0.3, -0.25) is 4.99 Å². The number of rotatable bonds is 3. The summed E-state index contributed by atoms with van der Waals surface area (Å²) in [4.78, 5) is 4.81. The molecular formula is C22H22N2. The van der Waals surface area contributed by atoms with Crippen LogP contribution in [0, 0.1) is 5.92 Å². The molecule has 0 saturated carbocycles. The lowest BCUT2D eigenvalue weighted by Crippen LogP contribution is -2.18. The quantitative estimate of drug-likeness (QED) is 0.751. The van der Waals surface area contributed by atoms with Gasteiger partial charge in [-0.15, -0.1) is 0 Å². The summed E-state index contributed by atoms with van der Waals surface area (Å²) in [6.07, 6.45) is 9.29. The van der Waals surface area contributed by atoms with Crippen molar-refractivity contribution >= 4 is 17.1 Å². The van der Waals surface area contributed by atoms with Gasteiger partial charge < -0.3 is 5.32 Å². The molecule has 0 fully saturated rings. The van der Waals surface area contributed by atoms with Gasteiger partial charge in [0.15, 0.2) is 0 Å². The summed E-state index contributed by atoms with van der Waals surface area (Å²) >= 11 is 0. The molecule has 120 valence electrons. The SMILES string of the molecule is C1=C(Nc2ccccc2)CCC2CCC(=Nc3ccccc3)C=C12. The topological polar surface area (TPSA) is 24.4 Å². The highest BCUT2D eigenvalue weighted by Crippen LogP contribution is 2.35. The van der Waals surface area contributed by atoms with Crippen molar-refractivity contribution in [1.29, 1.82) is 0 Å². The molecule has 2 aliphatic carbocycles. The Kier molecular flexibility index (Phi) is 4.28. The average molecular weight is 314 g/mol. The minimum Gasteiger partial charge on any atom is -0.359 e. The van der Waals surface area contributed by atoms with Crippen molar-refractivity contribution in [3.8, 4) is 0 Å². The first kappa shape index (κ1) is 14.9. The Morgan fingerprint density at radius 1 is 0.792 bits per heavy atom. The zero-order valence-electron chi connectivity index (χ0n) is 13.8. The van der Waals surface area contributed by atoms with Gasteiger partial charge >= 0.3 is 0 Å². The minimum absolute atomic E-state index is 0.695. The van der Waals surface area contributed by atoms with Crippen LogP contribution in [0.15, 0.2) is 89.1 Å². The van der Waals surface area contributed by atoms with E-state index >= 15 is 0 Å². The van der Waals surface area contributed by atoms with Crippen LogP contribution >= 0.6 is 0 Å². The average Bonchev–Trinajstić information content (AvgIpc) is 2.63. The van der Waals surface area contributed by atoms with Gasteiger partial charge in [-0.25, -0.2) is 0 Å². The van der Waals surface area contributed by atoms with E-state index in [9.17, 15) is 0 Å². The zero-order chi connectivity index (χ0) is 16.2. The van der Waals surface area contributed by atoms with Crippen LogP contribution in [0.3, 0.4) is 0 Å². The number of para-hydroxylation sites is 2. The Bertz CT molecular complexity index is 785. The van der Waals surface area contributed by atoms with Crippen molar-refractivity contribution in [1.82, 2.24) is 0 Å². The number of nitrogens with one attached hydrogen (secondary N) is 1. The summed E-state index contributed by atoms with van der Waals surface area (Å²) in [6.45, 7) is 0. The van der Waals surface area contributed by atoms with E-state index in [1.165, 1.54) is 29.8 Å². The molecule has 1 atom stereocenters. The second-order valence-electron chi connectivity index (χ2n) is 6.52. The van der Waals surface area contributed by atoms with Crippen molar-refractivity contribution < 1.29 is 0 Å². The Labute approximate surface area is 143 Å². The number of nitrogens with zero attached hydrogens (tertiary/aromatic N) is 1. The molecule has 2 aromatic carbocycles. The first-order chi connectivity index (χ1) is 11.9. The van der Waals surface area contributed by atoms with E-state index in [2.05, 4.69) is 53.9 Å². The summed E-state index contributed by atoms with van der Waals surface area (Å²) in [6, 6.07) is 20.7. The van der Waals surface area contributed by atoms with Gasteiger partial charge in [-0.1, -0.05) is 36.4 Å². The van der Waals surface area contributed by atoms with Gasteiger partial charge in [0.1, 0.15) is 0 Å². The van der Waals surface area contributed by atoms with Crippen molar-refractivity contribution in [3.05, 3.63) is 84.1 Å². The zero-order valence-corrected chi connectivity index (χ0v) is 13.8. The van der Waals surface area contributed by atoms with Gasteiger partial charge in [-0.05, 0) is 73.6 Å². The van der Waals surface area contributed by atoms with Crippen LogP contribution in [-0.2, 0) is 0 Å². The summed E-state index contributed by atoms with van der Waals surface area (Å²) < 4.78 is 0. The number of hydrogen-bond donors (Lipinski definition) is 1. The largest absolute Gasteiger partial charge is 0.359 e. The highest BCUT2D eigenvalue weighted by Gasteiger charge is 2.23. The van der Waals surface area contributed by atoms with E-state index in [1.807, 2.05) is 24.3 Å². The van der Waals surface area contributed by atoms with Gasteiger partial charge in [0.2, 0.25) is 0 Å². The first-order valence-corrected chi connectivity index (χ1v) is 8.74. The first-order valence-electron chi connectivity index (χ1n) is 8.74. The summed E-state index contributed by atoms with van der Waals surface area (Å²) in [7, 11) is 0. The van der Waals surface area contributed by atoms with Crippen molar-refractivity contribution in [2.75, 3.05) is 5.32 Å². The normalized spacial score (nSPS) is 21.7. The van der Waals surface area contributed by atoms with Gasteiger partial charge in [0, 0.05) is 17.1 Å². The smallest absolute Gasteiger partial charge is 0.0632 e. The van der Waals surface area contributed by atoms with Crippen LogP contribution in [0.4, 0.5) is 11.4 Å². The lowest BCUT2D eigenvalue weighted by atomic mass is 9.79. The van der Waals surface area contributed by atoms with E-state index in [1.54, 1.807) is 0 Å². The Balaban J connectivity index is 1.57. The van der Waals surface area contributed by atoms with Gasteiger partial charge in [0.05, 0.1) is 5.69 Å². The van der Waals surface area contributed by atoms with Crippen LogP contribution in [0.5, 0.6) is 0 Å². The lowest BCUT2D eigenvalue weighted by molar-refractivity contribution is 0.515. The molecule has 2 aromatic rings. The predicted octanol–water partition coefficient (Wildman–Crippen LogP) is 5.89. The van der Waals surface area contributed by atoms with Crippen molar-refractivity contribution in [2.45, 2.75) is 25.7 Å². The van der Waals surface area contributed by atoms with E-state index in [0.29, 0.717) is 5.92 Å². The predicted molar refractivity (Wildman–Crippen MR) is 102 cm³/mol. The Morgan fingerprint density at radius 3 is 2.29 bits per heavy atom. The maximum Gasteiger partial charge on any atom is 0.0632 e. The van der Waals surface area contributed by atoms with E-state index in [4.69, 9.17) is 4.99 Å². The molecule has 0 amide bonds. The van der Waals surface area contributed by atoms with Gasteiger partial charge in [0.25, 0.3) is 0 Å². The van der Waals surface area contributed by atoms with Crippen LogP contribution in [0.2, 0.25) is 0 Å². The lowest BCUT2D eigenvalue weighted by Gasteiger charge is -2.29. The van der Waals surface area contributed by atoms with E-state index in [0.717, 1.165) is 24.2 Å². The molecule has 2 heteroatoms. The standard InChI is InChI=1S/C22H22N2/c1-3-7-19(8-4-1)23-21-13-11-17-12-14-22(16-18(17)15-21)24-20-9-5-2-6-10-20/h1-10,15-17,23H,11-14H2. The molecule has 1 N–H and O–H groups in total. The highest BCUT2D eigenvalue weighted by molar-refractivity contribution is 5.98. The molecule has 0 aromatic heterocycles. The fourth-order valence-electron chi connectivity index (χ4n) is 3.51. The summed E-state index contributed by atoms with van der Waals surface area (Å²) in [5.74, 6) is 0.695. The van der Waals surface area contributed by atoms with Crippen molar-refractivity contribution in [2.24, 2.45) is 10.9 Å². The number of allylic oxidation sites excluding steroid dienone is 4. The fourth-order valence-corrected chi connectivity index (χ4v) is 3.51. The van der Waals surface area contributed by atoms with Gasteiger partial charge in [-0.2, -0.15) is 0 Å². The number of fused-ring (bicyclic) bond motifs is 1. The molecule has 0 saturated heterocycles. The number of aliphatic imine (C=N–C) groups is 1.